The molecule has 1 aliphatic heterocycles. The second-order valence-corrected chi connectivity index (χ2v) is 5.02. The first-order valence-corrected chi connectivity index (χ1v) is 5.34. The summed E-state index contributed by atoms with van der Waals surface area (Å²) in [6.45, 7) is 4.43. The first kappa shape index (κ1) is 9.20. The van der Waals surface area contributed by atoms with E-state index < -0.39 is 0 Å². The summed E-state index contributed by atoms with van der Waals surface area (Å²) in [5, 5.41) is 0. The van der Waals surface area contributed by atoms with Crippen molar-refractivity contribution in [2.75, 3.05) is 20.1 Å². The number of carbonyl (C=O) groups is 1. The van der Waals surface area contributed by atoms with Crippen LogP contribution in [-0.2, 0) is 4.79 Å². The first-order chi connectivity index (χ1) is 6.12. The van der Waals surface area contributed by atoms with Crippen LogP contribution < -0.4 is 0 Å². The highest BCUT2D eigenvalue weighted by Gasteiger charge is 2.45. The van der Waals surface area contributed by atoms with Crippen molar-refractivity contribution in [1.82, 2.24) is 4.90 Å². The summed E-state index contributed by atoms with van der Waals surface area (Å²) < 4.78 is 0. The van der Waals surface area contributed by atoms with Gasteiger partial charge in [-0.3, -0.25) is 4.79 Å². The molecule has 0 N–H and O–H groups in total. The van der Waals surface area contributed by atoms with Crippen LogP contribution in [0.25, 0.3) is 0 Å². The molecule has 0 bridgehead atoms. The minimum atomic E-state index is 0.103. The molecule has 1 spiro atoms. The lowest BCUT2D eigenvalue weighted by Gasteiger charge is -2.36. The zero-order chi connectivity index (χ0) is 9.47. The lowest BCUT2D eigenvalue weighted by molar-refractivity contribution is -0.128. The van der Waals surface area contributed by atoms with E-state index >= 15 is 0 Å². The van der Waals surface area contributed by atoms with Crippen molar-refractivity contribution in [1.29, 1.82) is 0 Å². The fourth-order valence-corrected chi connectivity index (χ4v) is 2.92. The van der Waals surface area contributed by atoms with Gasteiger partial charge >= 0.3 is 0 Å². The average Bonchev–Trinajstić information content (AvgIpc) is 2.34. The highest BCUT2D eigenvalue weighted by Crippen LogP contribution is 2.45. The molecule has 2 heteroatoms. The number of ketones is 1. The van der Waals surface area contributed by atoms with Crippen LogP contribution in [0.3, 0.4) is 0 Å². The Bertz CT molecular complexity index is 216. The van der Waals surface area contributed by atoms with Crippen molar-refractivity contribution in [3.63, 3.8) is 0 Å². The van der Waals surface area contributed by atoms with Gasteiger partial charge in [-0.15, -0.1) is 0 Å². The highest BCUT2D eigenvalue weighted by atomic mass is 16.1. The van der Waals surface area contributed by atoms with Gasteiger partial charge in [0, 0.05) is 11.8 Å². The van der Waals surface area contributed by atoms with Gasteiger partial charge in [-0.05, 0) is 45.3 Å². The average molecular weight is 181 g/mol. The molecule has 0 amide bonds. The Labute approximate surface area is 80.3 Å². The molecular weight excluding hydrogens is 162 g/mol. The van der Waals surface area contributed by atoms with E-state index in [-0.39, 0.29) is 5.41 Å². The summed E-state index contributed by atoms with van der Waals surface area (Å²) in [7, 11) is 2.15. The van der Waals surface area contributed by atoms with Crippen LogP contribution >= 0.6 is 0 Å². The van der Waals surface area contributed by atoms with Crippen molar-refractivity contribution in [2.24, 2.45) is 11.3 Å². The van der Waals surface area contributed by atoms with Crippen molar-refractivity contribution < 1.29 is 4.79 Å². The molecule has 0 radical (unpaired) electrons. The molecule has 2 nitrogen and oxygen atoms in total. The zero-order valence-corrected chi connectivity index (χ0v) is 8.68. The molecule has 0 aromatic heterocycles. The van der Waals surface area contributed by atoms with E-state index in [1.54, 1.807) is 0 Å². The molecular formula is C11H19NO. The maximum atomic E-state index is 11.8. The fourth-order valence-electron chi connectivity index (χ4n) is 2.92. The summed E-state index contributed by atoms with van der Waals surface area (Å²) >= 11 is 0. The maximum Gasteiger partial charge on any atom is 0.139 e. The van der Waals surface area contributed by atoms with Crippen LogP contribution in [0.1, 0.15) is 32.6 Å². The molecule has 1 saturated heterocycles. The predicted molar refractivity (Wildman–Crippen MR) is 52.6 cm³/mol. The lowest BCUT2D eigenvalue weighted by Crippen LogP contribution is -2.40. The topological polar surface area (TPSA) is 20.3 Å². The molecule has 2 aliphatic rings. The van der Waals surface area contributed by atoms with Gasteiger partial charge < -0.3 is 4.90 Å². The van der Waals surface area contributed by atoms with Crippen molar-refractivity contribution in [3.05, 3.63) is 0 Å². The van der Waals surface area contributed by atoms with Crippen molar-refractivity contribution >= 4 is 5.78 Å². The van der Waals surface area contributed by atoms with E-state index in [4.69, 9.17) is 0 Å². The third-order valence-electron chi connectivity index (χ3n) is 3.81. The SMILES string of the molecule is CC1CC(=O)C2(CCN(C)CC2)C1. The highest BCUT2D eigenvalue weighted by molar-refractivity contribution is 5.87. The fraction of sp³-hybridized carbons (Fsp3) is 0.909. The molecule has 1 heterocycles. The van der Waals surface area contributed by atoms with E-state index in [9.17, 15) is 4.79 Å². The predicted octanol–water partition coefficient (Wildman–Crippen LogP) is 1.70. The van der Waals surface area contributed by atoms with Crippen LogP contribution in [-0.4, -0.2) is 30.8 Å². The molecule has 1 aliphatic carbocycles. The van der Waals surface area contributed by atoms with Crippen molar-refractivity contribution in [3.8, 4) is 0 Å². The minimum Gasteiger partial charge on any atom is -0.306 e. The number of piperidine rings is 1. The number of nitrogens with zero attached hydrogens (tertiary/aromatic N) is 1. The van der Waals surface area contributed by atoms with Gasteiger partial charge in [0.1, 0.15) is 5.78 Å². The Kier molecular flexibility index (Phi) is 2.18. The molecule has 1 atom stereocenters. The van der Waals surface area contributed by atoms with E-state index in [1.165, 1.54) is 0 Å². The van der Waals surface area contributed by atoms with Gasteiger partial charge in [0.25, 0.3) is 0 Å². The molecule has 2 fully saturated rings. The molecule has 1 saturated carbocycles. The minimum absolute atomic E-state index is 0.103. The van der Waals surface area contributed by atoms with Gasteiger partial charge in [0.05, 0.1) is 0 Å². The Balaban J connectivity index is 2.09. The van der Waals surface area contributed by atoms with E-state index in [1.807, 2.05) is 0 Å². The maximum absolute atomic E-state index is 11.8. The second-order valence-electron chi connectivity index (χ2n) is 5.02. The number of rotatable bonds is 0. The number of hydrogen-bond acceptors (Lipinski definition) is 2. The van der Waals surface area contributed by atoms with Crippen LogP contribution in [0.5, 0.6) is 0 Å². The van der Waals surface area contributed by atoms with E-state index in [2.05, 4.69) is 18.9 Å². The Morgan fingerprint density at radius 2 is 2.00 bits per heavy atom. The van der Waals surface area contributed by atoms with E-state index in [0.717, 1.165) is 38.8 Å². The smallest absolute Gasteiger partial charge is 0.139 e. The number of carbonyl (C=O) groups excluding carboxylic acids is 1. The van der Waals surface area contributed by atoms with Crippen LogP contribution in [0.2, 0.25) is 0 Å². The summed E-state index contributed by atoms with van der Waals surface area (Å²) in [5.41, 5.74) is 0.103. The lowest BCUT2D eigenvalue weighted by atomic mass is 9.76. The summed E-state index contributed by atoms with van der Waals surface area (Å²) in [6, 6.07) is 0. The molecule has 13 heavy (non-hydrogen) atoms. The molecule has 0 aromatic rings. The third kappa shape index (κ3) is 1.52. The Morgan fingerprint density at radius 3 is 2.46 bits per heavy atom. The Morgan fingerprint density at radius 1 is 1.38 bits per heavy atom. The molecule has 2 rings (SSSR count). The summed E-state index contributed by atoms with van der Waals surface area (Å²) in [6.07, 6.45) is 4.20. The standard InChI is InChI=1S/C11H19NO/c1-9-7-10(13)11(8-9)3-5-12(2)6-4-11/h9H,3-8H2,1-2H3. The van der Waals surface area contributed by atoms with Gasteiger partial charge in [0.2, 0.25) is 0 Å². The monoisotopic (exact) mass is 181 g/mol. The number of hydrogen-bond donors (Lipinski definition) is 0. The second kappa shape index (κ2) is 3.09. The van der Waals surface area contributed by atoms with Gasteiger partial charge in [-0.2, -0.15) is 0 Å². The van der Waals surface area contributed by atoms with Crippen LogP contribution in [0.4, 0.5) is 0 Å². The normalized spacial score (nSPS) is 34.3. The largest absolute Gasteiger partial charge is 0.306 e. The number of likely N-dealkylation sites (tertiary alicyclic amines) is 1. The van der Waals surface area contributed by atoms with Gasteiger partial charge in [0.15, 0.2) is 0 Å². The van der Waals surface area contributed by atoms with Gasteiger partial charge in [-0.25, -0.2) is 0 Å². The number of Topliss-reactive ketones (excluding diaryl/α,β-unsaturated/α-hetero) is 1. The zero-order valence-electron chi connectivity index (χ0n) is 8.68. The molecule has 0 aromatic carbocycles. The van der Waals surface area contributed by atoms with Gasteiger partial charge in [-0.1, -0.05) is 6.92 Å². The Hall–Kier alpha value is -0.370. The summed E-state index contributed by atoms with van der Waals surface area (Å²) in [5.74, 6) is 1.18. The third-order valence-corrected chi connectivity index (χ3v) is 3.81. The van der Waals surface area contributed by atoms with Crippen LogP contribution in [0.15, 0.2) is 0 Å². The first-order valence-electron chi connectivity index (χ1n) is 5.34. The summed E-state index contributed by atoms with van der Waals surface area (Å²) in [4.78, 5) is 14.2. The quantitative estimate of drug-likeness (QED) is 0.567. The van der Waals surface area contributed by atoms with Crippen LogP contribution in [0, 0.1) is 11.3 Å². The molecule has 1 unspecified atom stereocenters. The molecule has 74 valence electrons. The van der Waals surface area contributed by atoms with E-state index in [0.29, 0.717) is 11.7 Å². The van der Waals surface area contributed by atoms with Crippen molar-refractivity contribution in [2.45, 2.75) is 32.6 Å².